The molecule has 0 aliphatic rings. The first-order valence-electron chi connectivity index (χ1n) is 10.1. The number of hydrogen-bond acceptors (Lipinski definition) is 8. The van der Waals surface area contributed by atoms with Crippen molar-refractivity contribution in [3.8, 4) is 17.0 Å². The number of methoxy groups -OCH3 is 2. The van der Waals surface area contributed by atoms with Crippen LogP contribution >= 0.6 is 0 Å². The minimum atomic E-state index is -0.361. The molecule has 32 heavy (non-hydrogen) atoms. The van der Waals surface area contributed by atoms with E-state index < -0.39 is 0 Å². The third kappa shape index (κ3) is 5.83. The van der Waals surface area contributed by atoms with Gasteiger partial charge in [0.25, 0.3) is 0 Å². The lowest BCUT2D eigenvalue weighted by Crippen LogP contribution is -2.31. The van der Waals surface area contributed by atoms with E-state index in [0.29, 0.717) is 54.8 Å². The fraction of sp³-hybridized carbons (Fsp3) is 0.304. The molecule has 0 saturated carbocycles. The molecule has 8 nitrogen and oxygen atoms in total. The normalized spacial score (nSPS) is 10.9. The molecule has 0 unspecified atom stereocenters. The van der Waals surface area contributed by atoms with Gasteiger partial charge < -0.3 is 30.5 Å². The maximum atomic E-state index is 14.3. The van der Waals surface area contributed by atoms with Gasteiger partial charge >= 0.3 is 0 Å². The molecule has 3 aromatic rings. The molecule has 3 rings (SSSR count). The van der Waals surface area contributed by atoms with E-state index in [0.717, 1.165) is 5.56 Å². The van der Waals surface area contributed by atoms with Crippen LogP contribution in [0.1, 0.15) is 5.56 Å². The van der Waals surface area contributed by atoms with Gasteiger partial charge in [-0.15, -0.1) is 0 Å². The largest absolute Gasteiger partial charge is 0.507 e. The summed E-state index contributed by atoms with van der Waals surface area (Å²) in [6.45, 7) is 3.97. The Morgan fingerprint density at radius 2 is 1.75 bits per heavy atom. The van der Waals surface area contributed by atoms with Crippen molar-refractivity contribution < 1.29 is 19.0 Å². The Morgan fingerprint density at radius 1 is 1.03 bits per heavy atom. The van der Waals surface area contributed by atoms with E-state index >= 15 is 0 Å². The molecule has 0 amide bonds. The topological polar surface area (TPSA) is 106 Å². The summed E-state index contributed by atoms with van der Waals surface area (Å²) in [5.41, 5.74) is 8.62. The highest BCUT2D eigenvalue weighted by atomic mass is 19.1. The number of rotatable bonds is 10. The number of nitrogens with one attached hydrogen (secondary N) is 1. The average molecular weight is 442 g/mol. The van der Waals surface area contributed by atoms with Crippen LogP contribution in [0, 0.1) is 12.7 Å². The first-order valence-corrected chi connectivity index (χ1v) is 10.1. The van der Waals surface area contributed by atoms with Gasteiger partial charge in [0.2, 0.25) is 5.95 Å². The summed E-state index contributed by atoms with van der Waals surface area (Å²) in [6, 6.07) is 11.6. The number of anilines is 4. The molecule has 0 aliphatic heterocycles. The summed E-state index contributed by atoms with van der Waals surface area (Å²) < 4.78 is 24.6. The number of halogens is 1. The van der Waals surface area contributed by atoms with Crippen molar-refractivity contribution in [2.45, 2.75) is 6.92 Å². The number of aromatic nitrogens is 2. The van der Waals surface area contributed by atoms with Crippen LogP contribution in [-0.2, 0) is 9.47 Å². The second-order valence-electron chi connectivity index (χ2n) is 7.28. The monoisotopic (exact) mass is 441 g/mol. The van der Waals surface area contributed by atoms with Crippen LogP contribution in [0.3, 0.4) is 0 Å². The molecule has 0 aliphatic carbocycles. The van der Waals surface area contributed by atoms with Crippen molar-refractivity contribution in [2.24, 2.45) is 0 Å². The van der Waals surface area contributed by atoms with E-state index in [1.54, 1.807) is 38.5 Å². The maximum absolute atomic E-state index is 14.3. The molecule has 0 saturated heterocycles. The predicted octanol–water partition coefficient (Wildman–Crippen LogP) is 3.72. The number of hydrogen-bond donors (Lipinski definition) is 3. The van der Waals surface area contributed by atoms with Gasteiger partial charge in [-0.1, -0.05) is 6.07 Å². The lowest BCUT2D eigenvalue weighted by molar-refractivity contribution is 0.190. The molecule has 1 heterocycles. The molecule has 0 bridgehead atoms. The van der Waals surface area contributed by atoms with Crippen LogP contribution in [0.15, 0.2) is 42.5 Å². The van der Waals surface area contributed by atoms with Crippen molar-refractivity contribution in [1.82, 2.24) is 9.97 Å². The quantitative estimate of drug-likeness (QED) is 0.409. The Labute approximate surface area is 186 Å². The molecule has 0 radical (unpaired) electrons. The van der Waals surface area contributed by atoms with Gasteiger partial charge in [-0.25, -0.2) is 9.37 Å². The van der Waals surface area contributed by atoms with Crippen molar-refractivity contribution in [2.75, 3.05) is 56.5 Å². The number of nitrogen functional groups attached to an aromatic ring is 1. The highest BCUT2D eigenvalue weighted by Crippen LogP contribution is 2.34. The fourth-order valence-corrected chi connectivity index (χ4v) is 3.19. The molecule has 170 valence electrons. The summed E-state index contributed by atoms with van der Waals surface area (Å²) in [5.74, 6) is 0.313. The highest BCUT2D eigenvalue weighted by Gasteiger charge is 2.15. The van der Waals surface area contributed by atoms with Crippen LogP contribution in [0.4, 0.5) is 27.5 Å². The predicted molar refractivity (Wildman–Crippen MR) is 124 cm³/mol. The van der Waals surface area contributed by atoms with E-state index in [1.165, 1.54) is 12.1 Å². The number of benzene rings is 2. The second kappa shape index (κ2) is 10.7. The number of aromatic hydroxyl groups is 1. The molecule has 9 heteroatoms. The Bertz CT molecular complexity index is 1060. The SMILES string of the molecule is COCCN(CCOC)c1cc(-c2cc(Nc3ccc(C)cc3F)ccc2O)nc(N)n1. The van der Waals surface area contributed by atoms with Crippen LogP contribution in [-0.4, -0.2) is 55.6 Å². The van der Waals surface area contributed by atoms with Crippen LogP contribution in [0.2, 0.25) is 0 Å². The van der Waals surface area contributed by atoms with E-state index in [4.69, 9.17) is 15.2 Å². The van der Waals surface area contributed by atoms with Crippen LogP contribution < -0.4 is 16.0 Å². The standard InChI is InChI=1S/C23H28FN5O3/c1-15-4-6-19(18(24)12-15)26-16-5-7-21(30)17(13-16)20-14-22(28-23(25)27-20)29(8-10-31-2)9-11-32-3/h4-7,12-14,26,30H,8-11H2,1-3H3,(H2,25,27,28). The molecule has 0 fully saturated rings. The molecule has 0 spiro atoms. The van der Waals surface area contributed by atoms with Gasteiger partial charge in [-0.3, -0.25) is 0 Å². The first kappa shape index (κ1) is 23.2. The molecule has 2 aromatic carbocycles. The van der Waals surface area contributed by atoms with E-state index in [1.807, 2.05) is 17.9 Å². The maximum Gasteiger partial charge on any atom is 0.222 e. The van der Waals surface area contributed by atoms with Gasteiger partial charge in [-0.05, 0) is 42.8 Å². The lowest BCUT2D eigenvalue weighted by atomic mass is 10.1. The van der Waals surface area contributed by atoms with Crippen LogP contribution in [0.5, 0.6) is 5.75 Å². The molecular formula is C23H28FN5O3. The van der Waals surface area contributed by atoms with Crippen molar-refractivity contribution >= 4 is 23.1 Å². The van der Waals surface area contributed by atoms with E-state index in [-0.39, 0.29) is 17.5 Å². The number of ether oxygens (including phenoxy) is 2. The van der Waals surface area contributed by atoms with Gasteiger partial charge in [0.1, 0.15) is 17.4 Å². The zero-order valence-corrected chi connectivity index (χ0v) is 18.4. The molecule has 0 atom stereocenters. The summed E-state index contributed by atoms with van der Waals surface area (Å²) in [4.78, 5) is 10.6. The van der Waals surface area contributed by atoms with Gasteiger partial charge in [0.05, 0.1) is 24.6 Å². The number of nitrogens with zero attached hydrogens (tertiary/aromatic N) is 3. The number of phenols is 1. The number of nitrogens with two attached hydrogens (primary N) is 1. The zero-order chi connectivity index (χ0) is 23.1. The van der Waals surface area contributed by atoms with Crippen LogP contribution in [0.25, 0.3) is 11.3 Å². The second-order valence-corrected chi connectivity index (χ2v) is 7.28. The van der Waals surface area contributed by atoms with E-state index in [9.17, 15) is 9.50 Å². The summed E-state index contributed by atoms with van der Waals surface area (Å²) in [7, 11) is 3.25. The molecule has 4 N–H and O–H groups in total. The first-order chi connectivity index (χ1) is 15.4. The fourth-order valence-electron chi connectivity index (χ4n) is 3.19. The summed E-state index contributed by atoms with van der Waals surface area (Å²) in [5, 5.41) is 13.5. The van der Waals surface area contributed by atoms with Gasteiger partial charge in [0, 0.05) is 44.6 Å². The van der Waals surface area contributed by atoms with Crippen molar-refractivity contribution in [1.29, 1.82) is 0 Å². The Balaban J connectivity index is 1.95. The minimum Gasteiger partial charge on any atom is -0.507 e. The molecular weight excluding hydrogens is 413 g/mol. The molecule has 1 aromatic heterocycles. The number of aryl methyl sites for hydroxylation is 1. The van der Waals surface area contributed by atoms with Crippen molar-refractivity contribution in [3.05, 3.63) is 53.8 Å². The lowest BCUT2D eigenvalue weighted by Gasteiger charge is -2.23. The smallest absolute Gasteiger partial charge is 0.222 e. The summed E-state index contributed by atoms with van der Waals surface area (Å²) >= 11 is 0. The van der Waals surface area contributed by atoms with Gasteiger partial charge in [-0.2, -0.15) is 4.98 Å². The third-order valence-corrected chi connectivity index (χ3v) is 4.86. The number of phenolic OH excluding ortho intramolecular Hbond substituents is 1. The highest BCUT2D eigenvalue weighted by molar-refractivity contribution is 5.76. The van der Waals surface area contributed by atoms with Gasteiger partial charge in [0.15, 0.2) is 0 Å². The Hall–Kier alpha value is -3.43. The third-order valence-electron chi connectivity index (χ3n) is 4.86. The zero-order valence-electron chi connectivity index (χ0n) is 18.4. The minimum absolute atomic E-state index is 0.0179. The Morgan fingerprint density at radius 3 is 2.41 bits per heavy atom. The summed E-state index contributed by atoms with van der Waals surface area (Å²) in [6.07, 6.45) is 0. The van der Waals surface area contributed by atoms with Crippen molar-refractivity contribution in [3.63, 3.8) is 0 Å². The average Bonchev–Trinajstić information content (AvgIpc) is 2.76. The van der Waals surface area contributed by atoms with E-state index in [2.05, 4.69) is 15.3 Å². The Kier molecular flexibility index (Phi) is 7.80.